The SMILES string of the molecule is COC(=O)C1CCC(NCc2cccc3c2OCO3)CC1. The van der Waals surface area contributed by atoms with Gasteiger partial charge in [-0.25, -0.2) is 0 Å². The second-order valence-corrected chi connectivity index (χ2v) is 5.60. The van der Waals surface area contributed by atoms with E-state index in [2.05, 4.69) is 11.4 Å². The summed E-state index contributed by atoms with van der Waals surface area (Å²) < 4.78 is 15.7. The second kappa shape index (κ2) is 6.35. The average Bonchev–Trinajstić information content (AvgIpc) is 3.02. The summed E-state index contributed by atoms with van der Waals surface area (Å²) in [6, 6.07) is 6.41. The van der Waals surface area contributed by atoms with E-state index >= 15 is 0 Å². The Bertz CT molecular complexity index is 509. The number of hydrogen-bond acceptors (Lipinski definition) is 5. The number of hydrogen-bond donors (Lipinski definition) is 1. The maximum absolute atomic E-state index is 11.5. The van der Waals surface area contributed by atoms with Crippen molar-refractivity contribution in [2.24, 2.45) is 5.92 Å². The highest BCUT2D eigenvalue weighted by Gasteiger charge is 2.27. The number of fused-ring (bicyclic) bond motifs is 1. The van der Waals surface area contributed by atoms with Crippen molar-refractivity contribution < 1.29 is 19.0 Å². The molecule has 1 N–H and O–H groups in total. The van der Waals surface area contributed by atoms with Crippen LogP contribution in [0.1, 0.15) is 31.2 Å². The van der Waals surface area contributed by atoms with E-state index in [9.17, 15) is 4.79 Å². The number of para-hydroxylation sites is 1. The Morgan fingerprint density at radius 2 is 2.10 bits per heavy atom. The Labute approximate surface area is 124 Å². The van der Waals surface area contributed by atoms with Gasteiger partial charge in [0.05, 0.1) is 13.0 Å². The van der Waals surface area contributed by atoms with Gasteiger partial charge in [-0.2, -0.15) is 0 Å². The maximum Gasteiger partial charge on any atom is 0.308 e. The van der Waals surface area contributed by atoms with Crippen LogP contribution in [0.5, 0.6) is 11.5 Å². The molecule has 0 atom stereocenters. The molecule has 1 aliphatic carbocycles. The molecule has 114 valence electrons. The van der Waals surface area contributed by atoms with Gasteiger partial charge in [0.25, 0.3) is 0 Å². The molecule has 5 nitrogen and oxygen atoms in total. The van der Waals surface area contributed by atoms with Crippen LogP contribution in [-0.4, -0.2) is 25.9 Å². The summed E-state index contributed by atoms with van der Waals surface area (Å²) in [7, 11) is 1.46. The Morgan fingerprint density at radius 3 is 2.86 bits per heavy atom. The fourth-order valence-electron chi connectivity index (χ4n) is 3.08. The van der Waals surface area contributed by atoms with Gasteiger partial charge in [-0.3, -0.25) is 4.79 Å². The smallest absolute Gasteiger partial charge is 0.308 e. The van der Waals surface area contributed by atoms with E-state index in [1.807, 2.05) is 12.1 Å². The lowest BCUT2D eigenvalue weighted by molar-refractivity contribution is -0.146. The molecule has 0 radical (unpaired) electrons. The monoisotopic (exact) mass is 291 g/mol. The molecule has 21 heavy (non-hydrogen) atoms. The number of nitrogens with one attached hydrogen (secondary N) is 1. The normalized spacial score (nSPS) is 23.9. The predicted octanol–water partition coefficient (Wildman–Crippen LogP) is 2.24. The third kappa shape index (κ3) is 3.13. The highest BCUT2D eigenvalue weighted by Crippen LogP contribution is 2.35. The van der Waals surface area contributed by atoms with Crippen molar-refractivity contribution in [3.05, 3.63) is 23.8 Å². The molecule has 0 saturated heterocycles. The van der Waals surface area contributed by atoms with Gasteiger partial charge in [0.15, 0.2) is 11.5 Å². The fourth-order valence-corrected chi connectivity index (χ4v) is 3.08. The summed E-state index contributed by atoms with van der Waals surface area (Å²) in [4.78, 5) is 11.5. The second-order valence-electron chi connectivity index (χ2n) is 5.60. The molecule has 0 aromatic heterocycles. The standard InChI is InChI=1S/C16H21NO4/c1-19-16(18)11-5-7-13(8-6-11)17-9-12-3-2-4-14-15(12)21-10-20-14/h2-4,11,13,17H,5-10H2,1H3. The molecule has 0 bridgehead atoms. The van der Waals surface area contributed by atoms with E-state index in [0.29, 0.717) is 12.8 Å². The zero-order chi connectivity index (χ0) is 14.7. The van der Waals surface area contributed by atoms with E-state index in [-0.39, 0.29) is 11.9 Å². The lowest BCUT2D eigenvalue weighted by Crippen LogP contribution is -2.34. The maximum atomic E-state index is 11.5. The van der Waals surface area contributed by atoms with Crippen LogP contribution in [0.3, 0.4) is 0 Å². The minimum absolute atomic E-state index is 0.0696. The van der Waals surface area contributed by atoms with Crippen molar-refractivity contribution in [3.63, 3.8) is 0 Å². The Morgan fingerprint density at radius 1 is 1.29 bits per heavy atom. The van der Waals surface area contributed by atoms with Crippen LogP contribution < -0.4 is 14.8 Å². The van der Waals surface area contributed by atoms with Crippen LogP contribution in [-0.2, 0) is 16.1 Å². The first-order valence-corrected chi connectivity index (χ1v) is 7.46. The summed E-state index contributed by atoms with van der Waals surface area (Å²) >= 11 is 0. The highest BCUT2D eigenvalue weighted by atomic mass is 16.7. The van der Waals surface area contributed by atoms with Crippen molar-refractivity contribution in [1.29, 1.82) is 0 Å². The zero-order valence-electron chi connectivity index (χ0n) is 12.3. The van der Waals surface area contributed by atoms with Crippen LogP contribution >= 0.6 is 0 Å². The van der Waals surface area contributed by atoms with Crippen molar-refractivity contribution in [1.82, 2.24) is 5.32 Å². The first-order chi connectivity index (χ1) is 10.3. The van der Waals surface area contributed by atoms with Crippen LogP contribution in [0.2, 0.25) is 0 Å². The van der Waals surface area contributed by atoms with Gasteiger partial charge < -0.3 is 19.5 Å². The van der Waals surface area contributed by atoms with E-state index in [4.69, 9.17) is 14.2 Å². The molecule has 5 heteroatoms. The summed E-state index contributed by atoms with van der Waals surface area (Å²) in [5.74, 6) is 1.68. The molecule has 0 unspecified atom stereocenters. The minimum Gasteiger partial charge on any atom is -0.469 e. The van der Waals surface area contributed by atoms with E-state index in [1.54, 1.807) is 0 Å². The largest absolute Gasteiger partial charge is 0.469 e. The van der Waals surface area contributed by atoms with Crippen molar-refractivity contribution >= 4 is 5.97 Å². The molecule has 1 saturated carbocycles. The van der Waals surface area contributed by atoms with Crippen LogP contribution in [0.15, 0.2) is 18.2 Å². The van der Waals surface area contributed by atoms with Crippen molar-refractivity contribution in [3.8, 4) is 11.5 Å². The van der Waals surface area contributed by atoms with E-state index < -0.39 is 0 Å². The number of rotatable bonds is 4. The molecular formula is C16H21NO4. The molecule has 0 amide bonds. The van der Waals surface area contributed by atoms with Gasteiger partial charge in [0.2, 0.25) is 6.79 Å². The molecule has 1 aromatic rings. The van der Waals surface area contributed by atoms with Gasteiger partial charge >= 0.3 is 5.97 Å². The topological polar surface area (TPSA) is 56.8 Å². The summed E-state index contributed by atoms with van der Waals surface area (Å²) in [6.45, 7) is 1.07. The molecular weight excluding hydrogens is 270 g/mol. The first-order valence-electron chi connectivity index (χ1n) is 7.46. The van der Waals surface area contributed by atoms with E-state index in [0.717, 1.165) is 49.3 Å². The minimum atomic E-state index is -0.0696. The molecule has 1 aromatic carbocycles. The molecule has 1 fully saturated rings. The quantitative estimate of drug-likeness (QED) is 0.862. The number of benzene rings is 1. The lowest BCUT2D eigenvalue weighted by Gasteiger charge is -2.27. The molecule has 1 aliphatic heterocycles. The third-order valence-electron chi connectivity index (χ3n) is 4.32. The third-order valence-corrected chi connectivity index (χ3v) is 4.32. The Hall–Kier alpha value is -1.75. The summed E-state index contributed by atoms with van der Waals surface area (Å²) in [5, 5.41) is 3.56. The average molecular weight is 291 g/mol. The van der Waals surface area contributed by atoms with Crippen LogP contribution in [0.4, 0.5) is 0 Å². The van der Waals surface area contributed by atoms with Gasteiger partial charge in [-0.15, -0.1) is 0 Å². The number of ether oxygens (including phenoxy) is 3. The first kappa shape index (κ1) is 14.2. The molecule has 0 spiro atoms. The van der Waals surface area contributed by atoms with Crippen molar-refractivity contribution in [2.45, 2.75) is 38.3 Å². The van der Waals surface area contributed by atoms with Crippen LogP contribution in [0, 0.1) is 5.92 Å². The number of carbonyl (C=O) groups excluding carboxylic acids is 1. The van der Waals surface area contributed by atoms with Gasteiger partial charge in [-0.1, -0.05) is 12.1 Å². The molecule has 2 aliphatic rings. The van der Waals surface area contributed by atoms with Gasteiger partial charge in [0.1, 0.15) is 0 Å². The summed E-state index contributed by atoms with van der Waals surface area (Å²) in [5.41, 5.74) is 1.13. The Balaban J connectivity index is 1.51. The van der Waals surface area contributed by atoms with Crippen LogP contribution in [0.25, 0.3) is 0 Å². The lowest BCUT2D eigenvalue weighted by atomic mass is 9.86. The number of esters is 1. The molecule has 3 rings (SSSR count). The summed E-state index contributed by atoms with van der Waals surface area (Å²) in [6.07, 6.45) is 3.81. The molecule has 1 heterocycles. The highest BCUT2D eigenvalue weighted by molar-refractivity contribution is 5.72. The number of carbonyl (C=O) groups is 1. The predicted molar refractivity (Wildman–Crippen MR) is 77.2 cm³/mol. The van der Waals surface area contributed by atoms with Gasteiger partial charge in [-0.05, 0) is 31.7 Å². The van der Waals surface area contributed by atoms with Crippen molar-refractivity contribution in [2.75, 3.05) is 13.9 Å². The Kier molecular flexibility index (Phi) is 4.29. The number of methoxy groups -OCH3 is 1. The fraction of sp³-hybridized carbons (Fsp3) is 0.562. The van der Waals surface area contributed by atoms with Gasteiger partial charge in [0, 0.05) is 18.2 Å². The van der Waals surface area contributed by atoms with E-state index in [1.165, 1.54) is 7.11 Å². The zero-order valence-corrected chi connectivity index (χ0v) is 12.3.